The van der Waals surface area contributed by atoms with Crippen molar-refractivity contribution < 1.29 is 4.79 Å². The molecule has 0 radical (unpaired) electrons. The largest absolute Gasteiger partial charge is 0.359 e. The molecular formula is C12H23N3O. The van der Waals surface area contributed by atoms with Crippen LogP contribution in [0, 0.1) is 11.8 Å². The minimum Gasteiger partial charge on any atom is -0.359 e. The lowest BCUT2D eigenvalue weighted by Gasteiger charge is -2.29. The Bertz CT molecular complexity index is 257. The summed E-state index contributed by atoms with van der Waals surface area (Å²) in [5, 5.41) is 2.67. The van der Waals surface area contributed by atoms with E-state index in [-0.39, 0.29) is 5.91 Å². The monoisotopic (exact) mass is 225 g/mol. The van der Waals surface area contributed by atoms with Gasteiger partial charge < -0.3 is 16.0 Å². The maximum Gasteiger partial charge on any atom is 0.221 e. The van der Waals surface area contributed by atoms with Crippen molar-refractivity contribution >= 4 is 5.91 Å². The number of likely N-dealkylation sites (tertiary alicyclic amines) is 1. The SMILES string of the molecule is CNC(=O)CCN1CC2CCCC(N)C2C1. The molecule has 1 aliphatic carbocycles. The van der Waals surface area contributed by atoms with E-state index < -0.39 is 0 Å². The first-order chi connectivity index (χ1) is 7.70. The van der Waals surface area contributed by atoms with Gasteiger partial charge in [0.2, 0.25) is 5.91 Å². The first-order valence-corrected chi connectivity index (χ1v) is 6.39. The predicted molar refractivity (Wildman–Crippen MR) is 63.9 cm³/mol. The van der Waals surface area contributed by atoms with E-state index in [2.05, 4.69) is 10.2 Å². The zero-order valence-corrected chi connectivity index (χ0v) is 10.1. The summed E-state index contributed by atoms with van der Waals surface area (Å²) in [4.78, 5) is 13.6. The number of carbonyl (C=O) groups is 1. The minimum absolute atomic E-state index is 0.138. The Kier molecular flexibility index (Phi) is 3.82. The van der Waals surface area contributed by atoms with Crippen LogP contribution in [-0.2, 0) is 4.79 Å². The van der Waals surface area contributed by atoms with Gasteiger partial charge in [0.15, 0.2) is 0 Å². The standard InChI is InChI=1S/C12H23N3O/c1-14-12(16)5-6-15-7-9-3-2-4-11(13)10(9)8-15/h9-11H,2-8,13H2,1H3,(H,14,16). The van der Waals surface area contributed by atoms with E-state index in [1.54, 1.807) is 7.05 Å². The van der Waals surface area contributed by atoms with Crippen molar-refractivity contribution in [3.05, 3.63) is 0 Å². The lowest BCUT2D eigenvalue weighted by atomic mass is 9.78. The van der Waals surface area contributed by atoms with E-state index in [0.29, 0.717) is 18.4 Å². The molecule has 0 aromatic carbocycles. The first-order valence-electron chi connectivity index (χ1n) is 6.39. The molecule has 16 heavy (non-hydrogen) atoms. The van der Waals surface area contributed by atoms with E-state index in [4.69, 9.17) is 5.73 Å². The Hall–Kier alpha value is -0.610. The zero-order valence-electron chi connectivity index (χ0n) is 10.1. The topological polar surface area (TPSA) is 58.4 Å². The summed E-state index contributed by atoms with van der Waals surface area (Å²) in [6.07, 6.45) is 4.41. The highest BCUT2D eigenvalue weighted by molar-refractivity contribution is 5.75. The summed E-state index contributed by atoms with van der Waals surface area (Å²) in [7, 11) is 1.70. The van der Waals surface area contributed by atoms with E-state index >= 15 is 0 Å². The molecule has 2 rings (SSSR count). The lowest BCUT2D eigenvalue weighted by Crippen LogP contribution is -2.38. The van der Waals surface area contributed by atoms with Crippen LogP contribution < -0.4 is 11.1 Å². The Morgan fingerprint density at radius 3 is 2.94 bits per heavy atom. The van der Waals surface area contributed by atoms with Crippen molar-refractivity contribution in [2.45, 2.75) is 31.7 Å². The summed E-state index contributed by atoms with van der Waals surface area (Å²) in [6.45, 7) is 3.14. The lowest BCUT2D eigenvalue weighted by molar-refractivity contribution is -0.120. The predicted octanol–water partition coefficient (Wildman–Crippen LogP) is 0.182. The van der Waals surface area contributed by atoms with E-state index in [9.17, 15) is 4.79 Å². The Labute approximate surface area is 97.6 Å². The van der Waals surface area contributed by atoms with Crippen molar-refractivity contribution in [3.63, 3.8) is 0 Å². The maximum atomic E-state index is 11.2. The van der Waals surface area contributed by atoms with Gasteiger partial charge in [-0.1, -0.05) is 6.42 Å². The number of hydrogen-bond acceptors (Lipinski definition) is 3. The maximum absolute atomic E-state index is 11.2. The molecule has 2 fully saturated rings. The summed E-state index contributed by atoms with van der Waals surface area (Å²) < 4.78 is 0. The van der Waals surface area contributed by atoms with Gasteiger partial charge in [-0.15, -0.1) is 0 Å². The Morgan fingerprint density at radius 2 is 2.25 bits per heavy atom. The van der Waals surface area contributed by atoms with Gasteiger partial charge in [-0.2, -0.15) is 0 Å². The molecule has 2 aliphatic rings. The fraction of sp³-hybridized carbons (Fsp3) is 0.917. The number of nitrogens with two attached hydrogens (primary N) is 1. The van der Waals surface area contributed by atoms with Crippen LogP contribution in [0.5, 0.6) is 0 Å². The second-order valence-electron chi connectivity index (χ2n) is 5.20. The van der Waals surface area contributed by atoms with E-state index in [0.717, 1.165) is 25.6 Å². The average Bonchev–Trinajstić information content (AvgIpc) is 2.70. The number of nitrogens with zero attached hydrogens (tertiary/aromatic N) is 1. The van der Waals surface area contributed by atoms with Crippen LogP contribution in [0.3, 0.4) is 0 Å². The number of rotatable bonds is 3. The molecule has 3 N–H and O–H groups in total. The second-order valence-corrected chi connectivity index (χ2v) is 5.20. The van der Waals surface area contributed by atoms with E-state index in [1.165, 1.54) is 19.3 Å². The highest BCUT2D eigenvalue weighted by Gasteiger charge is 2.38. The van der Waals surface area contributed by atoms with Gasteiger partial charge in [0.1, 0.15) is 0 Å². The fourth-order valence-corrected chi connectivity index (χ4v) is 3.18. The molecule has 4 nitrogen and oxygen atoms in total. The van der Waals surface area contributed by atoms with Crippen molar-refractivity contribution in [1.29, 1.82) is 0 Å². The van der Waals surface area contributed by atoms with Gasteiger partial charge in [-0.3, -0.25) is 4.79 Å². The van der Waals surface area contributed by atoms with Crippen LogP contribution in [-0.4, -0.2) is 43.5 Å². The minimum atomic E-state index is 0.138. The normalized spacial score (nSPS) is 34.8. The number of hydrogen-bond donors (Lipinski definition) is 2. The molecule has 0 spiro atoms. The molecule has 4 heteroatoms. The molecule has 92 valence electrons. The number of amides is 1. The zero-order chi connectivity index (χ0) is 11.5. The fourth-order valence-electron chi connectivity index (χ4n) is 3.18. The number of fused-ring (bicyclic) bond motifs is 1. The van der Waals surface area contributed by atoms with Crippen LogP contribution in [0.2, 0.25) is 0 Å². The molecular weight excluding hydrogens is 202 g/mol. The van der Waals surface area contributed by atoms with Gasteiger partial charge >= 0.3 is 0 Å². The first kappa shape index (κ1) is 11.9. The molecule has 3 unspecified atom stereocenters. The van der Waals surface area contributed by atoms with Gasteiger partial charge in [-0.05, 0) is 24.7 Å². The van der Waals surface area contributed by atoms with Gasteiger partial charge in [-0.25, -0.2) is 0 Å². The van der Waals surface area contributed by atoms with Crippen molar-refractivity contribution in [3.8, 4) is 0 Å². The van der Waals surface area contributed by atoms with Crippen molar-refractivity contribution in [2.24, 2.45) is 17.6 Å². The summed E-state index contributed by atoms with van der Waals surface area (Å²) in [5.74, 6) is 1.60. The average molecular weight is 225 g/mol. The number of carbonyl (C=O) groups excluding carboxylic acids is 1. The van der Waals surface area contributed by atoms with Crippen LogP contribution in [0.15, 0.2) is 0 Å². The third-order valence-corrected chi connectivity index (χ3v) is 4.16. The van der Waals surface area contributed by atoms with Gasteiger partial charge in [0.05, 0.1) is 0 Å². The highest BCUT2D eigenvalue weighted by Crippen LogP contribution is 2.35. The van der Waals surface area contributed by atoms with Gasteiger partial charge in [0.25, 0.3) is 0 Å². The molecule has 1 amide bonds. The Morgan fingerprint density at radius 1 is 1.44 bits per heavy atom. The smallest absolute Gasteiger partial charge is 0.221 e. The Balaban J connectivity index is 1.80. The van der Waals surface area contributed by atoms with Crippen LogP contribution in [0.25, 0.3) is 0 Å². The third-order valence-electron chi connectivity index (χ3n) is 4.16. The van der Waals surface area contributed by atoms with Crippen LogP contribution in [0.4, 0.5) is 0 Å². The second kappa shape index (κ2) is 5.15. The highest BCUT2D eigenvalue weighted by atomic mass is 16.1. The van der Waals surface area contributed by atoms with Gasteiger partial charge in [0, 0.05) is 39.1 Å². The third kappa shape index (κ3) is 2.55. The molecule has 1 aliphatic heterocycles. The molecule has 1 heterocycles. The number of nitrogens with one attached hydrogen (secondary N) is 1. The van der Waals surface area contributed by atoms with Crippen LogP contribution >= 0.6 is 0 Å². The van der Waals surface area contributed by atoms with Crippen molar-refractivity contribution in [2.75, 3.05) is 26.7 Å². The van der Waals surface area contributed by atoms with Crippen molar-refractivity contribution in [1.82, 2.24) is 10.2 Å². The van der Waals surface area contributed by atoms with Crippen LogP contribution in [0.1, 0.15) is 25.7 Å². The quantitative estimate of drug-likeness (QED) is 0.720. The molecule has 3 atom stereocenters. The molecule has 0 aromatic heterocycles. The molecule has 0 bridgehead atoms. The molecule has 1 saturated carbocycles. The summed E-state index contributed by atoms with van der Waals surface area (Å²) in [5.41, 5.74) is 6.16. The molecule has 0 aromatic rings. The summed E-state index contributed by atoms with van der Waals surface area (Å²) >= 11 is 0. The molecule has 1 saturated heterocycles. The van der Waals surface area contributed by atoms with E-state index in [1.807, 2.05) is 0 Å². The summed E-state index contributed by atoms with van der Waals surface area (Å²) in [6, 6.07) is 0.392.